The van der Waals surface area contributed by atoms with Crippen LogP contribution in [0.2, 0.25) is 0 Å². The first-order valence-electron chi connectivity index (χ1n) is 5.34. The molecule has 20 heavy (non-hydrogen) atoms. The Morgan fingerprint density at radius 3 is 2.65 bits per heavy atom. The SMILES string of the molecule is O=C(Nc1ccc([N+](=O)[O-])cc1F)c1ccc(Br)nc1. The largest absolute Gasteiger partial charge is 0.319 e. The highest BCUT2D eigenvalue weighted by Crippen LogP contribution is 2.21. The number of nitrogens with one attached hydrogen (secondary N) is 1. The van der Waals surface area contributed by atoms with Gasteiger partial charge in [0, 0.05) is 12.3 Å². The third-order valence-corrected chi connectivity index (χ3v) is 2.87. The summed E-state index contributed by atoms with van der Waals surface area (Å²) in [7, 11) is 0. The second-order valence-electron chi connectivity index (χ2n) is 3.74. The van der Waals surface area contributed by atoms with Crippen LogP contribution in [0, 0.1) is 15.9 Å². The number of anilines is 1. The highest BCUT2D eigenvalue weighted by Gasteiger charge is 2.13. The minimum atomic E-state index is -0.877. The Morgan fingerprint density at radius 2 is 2.10 bits per heavy atom. The molecular formula is C12H7BrFN3O3. The van der Waals surface area contributed by atoms with E-state index >= 15 is 0 Å². The van der Waals surface area contributed by atoms with Crippen molar-refractivity contribution in [1.29, 1.82) is 0 Å². The van der Waals surface area contributed by atoms with E-state index in [-0.39, 0.29) is 16.9 Å². The van der Waals surface area contributed by atoms with E-state index in [4.69, 9.17) is 0 Å². The Bertz CT molecular complexity index is 676. The molecule has 0 spiro atoms. The highest BCUT2D eigenvalue weighted by molar-refractivity contribution is 9.10. The lowest BCUT2D eigenvalue weighted by Crippen LogP contribution is -2.13. The molecule has 8 heteroatoms. The van der Waals surface area contributed by atoms with Crippen LogP contribution in [0.15, 0.2) is 41.1 Å². The third kappa shape index (κ3) is 3.15. The summed E-state index contributed by atoms with van der Waals surface area (Å²) in [4.78, 5) is 25.5. The third-order valence-electron chi connectivity index (χ3n) is 2.40. The number of hydrogen-bond acceptors (Lipinski definition) is 4. The number of non-ortho nitro benzene ring substituents is 1. The zero-order valence-corrected chi connectivity index (χ0v) is 11.4. The Hall–Kier alpha value is -2.35. The Labute approximate surface area is 120 Å². The molecule has 1 aromatic heterocycles. The van der Waals surface area contributed by atoms with Crippen LogP contribution in [-0.2, 0) is 0 Å². The average molecular weight is 340 g/mol. The van der Waals surface area contributed by atoms with E-state index in [0.717, 1.165) is 18.2 Å². The van der Waals surface area contributed by atoms with Gasteiger partial charge in [-0.3, -0.25) is 14.9 Å². The van der Waals surface area contributed by atoms with E-state index in [0.29, 0.717) is 4.60 Å². The van der Waals surface area contributed by atoms with E-state index in [9.17, 15) is 19.3 Å². The fourth-order valence-electron chi connectivity index (χ4n) is 1.42. The molecular weight excluding hydrogens is 333 g/mol. The standard InChI is InChI=1S/C12H7BrFN3O3/c13-11-4-1-7(6-15-11)12(18)16-10-3-2-8(17(19)20)5-9(10)14/h1-6H,(H,16,18). The second kappa shape index (κ2) is 5.74. The Kier molecular flexibility index (Phi) is 4.04. The molecule has 0 bridgehead atoms. The van der Waals surface area contributed by atoms with Crippen LogP contribution in [0.4, 0.5) is 15.8 Å². The molecule has 102 valence electrons. The highest BCUT2D eigenvalue weighted by atomic mass is 79.9. The van der Waals surface area contributed by atoms with Crippen molar-refractivity contribution in [2.24, 2.45) is 0 Å². The molecule has 2 aromatic rings. The van der Waals surface area contributed by atoms with E-state index in [1.54, 1.807) is 6.07 Å². The van der Waals surface area contributed by atoms with Crippen LogP contribution >= 0.6 is 15.9 Å². The maximum Gasteiger partial charge on any atom is 0.272 e. The maximum atomic E-state index is 13.6. The van der Waals surface area contributed by atoms with E-state index < -0.39 is 16.6 Å². The van der Waals surface area contributed by atoms with Crippen molar-refractivity contribution in [3.63, 3.8) is 0 Å². The molecule has 0 unspecified atom stereocenters. The number of pyridine rings is 1. The first-order chi connectivity index (χ1) is 9.47. The van der Waals surface area contributed by atoms with Gasteiger partial charge in [-0.15, -0.1) is 0 Å². The van der Waals surface area contributed by atoms with Crippen molar-refractivity contribution >= 4 is 33.2 Å². The van der Waals surface area contributed by atoms with Gasteiger partial charge in [-0.1, -0.05) is 0 Å². The van der Waals surface area contributed by atoms with Crippen LogP contribution in [0.25, 0.3) is 0 Å². The molecule has 0 saturated heterocycles. The van der Waals surface area contributed by atoms with Crippen molar-refractivity contribution in [2.45, 2.75) is 0 Å². The van der Waals surface area contributed by atoms with Gasteiger partial charge < -0.3 is 5.32 Å². The van der Waals surface area contributed by atoms with Gasteiger partial charge in [0.1, 0.15) is 4.60 Å². The molecule has 1 amide bonds. The summed E-state index contributed by atoms with van der Waals surface area (Å²) >= 11 is 3.13. The van der Waals surface area contributed by atoms with Crippen LogP contribution in [0.3, 0.4) is 0 Å². The van der Waals surface area contributed by atoms with Crippen molar-refractivity contribution in [3.05, 3.63) is 62.6 Å². The molecule has 0 fully saturated rings. The number of hydrogen-bond donors (Lipinski definition) is 1. The van der Waals surface area contributed by atoms with Crippen LogP contribution in [0.5, 0.6) is 0 Å². The Balaban J connectivity index is 2.19. The molecule has 0 atom stereocenters. The van der Waals surface area contributed by atoms with Gasteiger partial charge in [-0.25, -0.2) is 9.37 Å². The second-order valence-corrected chi connectivity index (χ2v) is 4.56. The van der Waals surface area contributed by atoms with E-state index in [1.165, 1.54) is 12.3 Å². The smallest absolute Gasteiger partial charge is 0.272 e. The van der Waals surface area contributed by atoms with Gasteiger partial charge >= 0.3 is 0 Å². The predicted octanol–water partition coefficient (Wildman–Crippen LogP) is 3.14. The molecule has 1 heterocycles. The quantitative estimate of drug-likeness (QED) is 0.528. The summed E-state index contributed by atoms with van der Waals surface area (Å²) in [5.74, 6) is -1.43. The van der Waals surface area contributed by atoms with Crippen molar-refractivity contribution in [1.82, 2.24) is 4.98 Å². The lowest BCUT2D eigenvalue weighted by atomic mass is 10.2. The van der Waals surface area contributed by atoms with Crippen molar-refractivity contribution in [3.8, 4) is 0 Å². The first-order valence-corrected chi connectivity index (χ1v) is 6.13. The number of nitro groups is 1. The summed E-state index contributed by atoms with van der Waals surface area (Å²) in [6, 6.07) is 6.07. The van der Waals surface area contributed by atoms with Gasteiger partial charge in [0.05, 0.1) is 22.2 Å². The summed E-state index contributed by atoms with van der Waals surface area (Å²) in [5.41, 5.74) is -0.278. The molecule has 1 aromatic carbocycles. The minimum absolute atomic E-state index is 0.136. The molecule has 1 N–H and O–H groups in total. The van der Waals surface area contributed by atoms with E-state index in [1.807, 2.05) is 0 Å². The first kappa shape index (κ1) is 14.1. The molecule has 0 saturated carbocycles. The summed E-state index contributed by atoms with van der Waals surface area (Å²) in [6.45, 7) is 0. The average Bonchev–Trinajstić information content (AvgIpc) is 2.41. The fraction of sp³-hybridized carbons (Fsp3) is 0. The zero-order valence-electron chi connectivity index (χ0n) is 9.84. The fourth-order valence-corrected chi connectivity index (χ4v) is 1.66. The number of halogens is 2. The summed E-state index contributed by atoms with van der Waals surface area (Å²) in [5, 5.41) is 12.8. The maximum absolute atomic E-state index is 13.6. The number of amides is 1. The molecule has 0 aliphatic carbocycles. The van der Waals surface area contributed by atoms with Gasteiger partial charge in [0.15, 0.2) is 5.82 Å². The normalized spacial score (nSPS) is 10.1. The predicted molar refractivity (Wildman–Crippen MR) is 72.9 cm³/mol. The van der Waals surface area contributed by atoms with E-state index in [2.05, 4.69) is 26.2 Å². The molecule has 6 nitrogen and oxygen atoms in total. The number of nitrogens with zero attached hydrogens (tertiary/aromatic N) is 2. The molecule has 0 radical (unpaired) electrons. The number of benzene rings is 1. The number of nitro benzene ring substituents is 1. The minimum Gasteiger partial charge on any atom is -0.319 e. The van der Waals surface area contributed by atoms with Crippen molar-refractivity contribution < 1.29 is 14.1 Å². The van der Waals surface area contributed by atoms with Crippen LogP contribution < -0.4 is 5.32 Å². The Morgan fingerprint density at radius 1 is 1.35 bits per heavy atom. The van der Waals surface area contributed by atoms with Gasteiger partial charge in [0.2, 0.25) is 0 Å². The summed E-state index contributed by atoms with van der Waals surface area (Å²) in [6.07, 6.45) is 1.32. The molecule has 0 aliphatic rings. The van der Waals surface area contributed by atoms with Crippen LogP contribution in [0.1, 0.15) is 10.4 Å². The number of carbonyl (C=O) groups is 1. The lowest BCUT2D eigenvalue weighted by molar-refractivity contribution is -0.385. The van der Waals surface area contributed by atoms with Gasteiger partial charge in [0.25, 0.3) is 11.6 Å². The van der Waals surface area contributed by atoms with Crippen LogP contribution in [-0.4, -0.2) is 15.8 Å². The molecule has 2 rings (SSSR count). The number of carbonyl (C=O) groups excluding carboxylic acids is 1. The van der Waals surface area contributed by atoms with Crippen molar-refractivity contribution in [2.75, 3.05) is 5.32 Å². The summed E-state index contributed by atoms with van der Waals surface area (Å²) < 4.78 is 14.2. The topological polar surface area (TPSA) is 85.1 Å². The molecule has 0 aliphatic heterocycles. The monoisotopic (exact) mass is 339 g/mol. The zero-order chi connectivity index (χ0) is 14.7. The van der Waals surface area contributed by atoms with Gasteiger partial charge in [-0.2, -0.15) is 0 Å². The number of rotatable bonds is 3. The van der Waals surface area contributed by atoms with Gasteiger partial charge in [-0.05, 0) is 34.1 Å². The number of aromatic nitrogens is 1. The lowest BCUT2D eigenvalue weighted by Gasteiger charge is -2.06.